The van der Waals surface area contributed by atoms with Crippen molar-refractivity contribution in [3.8, 4) is 5.75 Å². The van der Waals surface area contributed by atoms with Crippen molar-refractivity contribution >= 4 is 11.6 Å². The number of carbonyl (C=O) groups excluding carboxylic acids is 1. The number of amides is 1. The normalized spacial score (nSPS) is 19.0. The third-order valence-corrected chi connectivity index (χ3v) is 4.93. The van der Waals surface area contributed by atoms with E-state index in [0.717, 1.165) is 41.8 Å². The van der Waals surface area contributed by atoms with Crippen molar-refractivity contribution in [3.05, 3.63) is 59.7 Å². The van der Waals surface area contributed by atoms with Gasteiger partial charge < -0.3 is 15.0 Å². The maximum absolute atomic E-state index is 13.3. The molecule has 1 atom stereocenters. The Hall–Kier alpha value is -2.49. The molecule has 1 N–H and O–H groups in total. The van der Waals surface area contributed by atoms with Crippen LogP contribution in [-0.4, -0.2) is 24.0 Å². The van der Waals surface area contributed by atoms with Crippen LogP contribution in [0.2, 0.25) is 0 Å². The van der Waals surface area contributed by atoms with Gasteiger partial charge in [-0.25, -0.2) is 0 Å². The van der Waals surface area contributed by atoms with Gasteiger partial charge in [0.05, 0.1) is 12.2 Å². The van der Waals surface area contributed by atoms with E-state index in [1.54, 1.807) is 0 Å². The van der Waals surface area contributed by atoms with Crippen LogP contribution in [0.5, 0.6) is 5.75 Å². The predicted octanol–water partition coefficient (Wildman–Crippen LogP) is 5.02. The van der Waals surface area contributed by atoms with Gasteiger partial charge in [-0.1, -0.05) is 50.6 Å². The maximum atomic E-state index is 13.3. The van der Waals surface area contributed by atoms with Crippen LogP contribution in [0.15, 0.2) is 48.5 Å². The molecule has 0 saturated heterocycles. The first-order valence-corrected chi connectivity index (χ1v) is 9.53. The van der Waals surface area contributed by atoms with Gasteiger partial charge in [-0.3, -0.25) is 4.79 Å². The zero-order valence-electron chi connectivity index (χ0n) is 15.9. The summed E-state index contributed by atoms with van der Waals surface area (Å²) in [6, 6.07) is 15.8. The number of para-hydroxylation sites is 2. The van der Waals surface area contributed by atoms with Crippen molar-refractivity contribution in [3.63, 3.8) is 0 Å². The van der Waals surface area contributed by atoms with E-state index < -0.39 is 5.66 Å². The Balaban J connectivity index is 2.09. The summed E-state index contributed by atoms with van der Waals surface area (Å²) in [5, 5.41) is 3.62. The molecule has 0 radical (unpaired) electrons. The summed E-state index contributed by atoms with van der Waals surface area (Å²) in [4.78, 5) is 15.2. The zero-order valence-corrected chi connectivity index (χ0v) is 15.9. The van der Waals surface area contributed by atoms with E-state index in [9.17, 15) is 4.79 Å². The van der Waals surface area contributed by atoms with E-state index in [0.29, 0.717) is 13.2 Å². The molecule has 1 heterocycles. The third kappa shape index (κ3) is 3.28. The van der Waals surface area contributed by atoms with Gasteiger partial charge >= 0.3 is 0 Å². The molecule has 4 nitrogen and oxygen atoms in total. The molecular formula is C22H28N2O2. The fourth-order valence-electron chi connectivity index (χ4n) is 3.52. The van der Waals surface area contributed by atoms with Crippen LogP contribution in [0.25, 0.3) is 0 Å². The summed E-state index contributed by atoms with van der Waals surface area (Å²) in [5.74, 6) is 0.902. The monoisotopic (exact) mass is 352 g/mol. The Morgan fingerprint density at radius 2 is 1.77 bits per heavy atom. The summed E-state index contributed by atoms with van der Waals surface area (Å²) < 4.78 is 6.00. The van der Waals surface area contributed by atoms with Gasteiger partial charge in [0.2, 0.25) is 0 Å². The number of rotatable bonds is 7. The number of ether oxygens (including phenoxy) is 1. The molecular weight excluding hydrogens is 324 g/mol. The lowest BCUT2D eigenvalue weighted by atomic mass is 9.92. The highest BCUT2D eigenvalue weighted by Gasteiger charge is 2.43. The number of nitrogens with one attached hydrogen (secondary N) is 1. The standard InChI is InChI=1S/C22H28N2O2/c1-4-6-15-24-21(25)17-11-7-9-13-19(17)23-22(24,3)18-12-8-10-14-20(18)26-16-5-2/h7-14,23H,4-6,15-16H2,1-3H3. The lowest BCUT2D eigenvalue weighted by molar-refractivity contribution is 0.0525. The van der Waals surface area contributed by atoms with E-state index in [4.69, 9.17) is 4.74 Å². The number of anilines is 1. The minimum absolute atomic E-state index is 0.0700. The highest BCUT2D eigenvalue weighted by molar-refractivity contribution is 6.02. The number of unbranched alkanes of at least 4 members (excludes halogenated alkanes) is 1. The Bertz CT molecular complexity index is 774. The Morgan fingerprint density at radius 3 is 2.54 bits per heavy atom. The maximum Gasteiger partial charge on any atom is 0.258 e. The topological polar surface area (TPSA) is 41.6 Å². The molecule has 138 valence electrons. The summed E-state index contributed by atoms with van der Waals surface area (Å²) in [6.07, 6.45) is 2.94. The summed E-state index contributed by atoms with van der Waals surface area (Å²) in [5.41, 5.74) is 1.95. The van der Waals surface area contributed by atoms with E-state index >= 15 is 0 Å². The van der Waals surface area contributed by atoms with Crippen LogP contribution in [0.4, 0.5) is 5.69 Å². The van der Waals surface area contributed by atoms with Crippen molar-refractivity contribution in [1.29, 1.82) is 0 Å². The Kier molecular flexibility index (Phi) is 5.50. The second kappa shape index (κ2) is 7.81. The molecule has 2 aromatic carbocycles. The van der Waals surface area contributed by atoms with Crippen molar-refractivity contribution < 1.29 is 9.53 Å². The number of fused-ring (bicyclic) bond motifs is 1. The Labute approximate surface area is 156 Å². The predicted molar refractivity (Wildman–Crippen MR) is 106 cm³/mol. The van der Waals surface area contributed by atoms with Crippen LogP contribution < -0.4 is 10.1 Å². The molecule has 0 aromatic heterocycles. The lowest BCUT2D eigenvalue weighted by Crippen LogP contribution is -2.56. The third-order valence-electron chi connectivity index (χ3n) is 4.93. The quantitative estimate of drug-likeness (QED) is 0.761. The Morgan fingerprint density at radius 1 is 1.04 bits per heavy atom. The molecule has 3 rings (SSSR count). The second-order valence-electron chi connectivity index (χ2n) is 6.90. The van der Waals surface area contributed by atoms with Gasteiger partial charge in [-0.15, -0.1) is 0 Å². The summed E-state index contributed by atoms with van der Waals surface area (Å²) in [7, 11) is 0. The minimum Gasteiger partial charge on any atom is -0.493 e. The number of carbonyl (C=O) groups is 1. The van der Waals surface area contributed by atoms with Crippen LogP contribution in [-0.2, 0) is 5.66 Å². The molecule has 0 saturated carbocycles. The van der Waals surface area contributed by atoms with Crippen LogP contribution >= 0.6 is 0 Å². The van der Waals surface area contributed by atoms with Crippen LogP contribution in [0, 0.1) is 0 Å². The van der Waals surface area contributed by atoms with Gasteiger partial charge in [0.25, 0.3) is 5.91 Å². The molecule has 1 amide bonds. The van der Waals surface area contributed by atoms with Gasteiger partial charge in [-0.2, -0.15) is 0 Å². The number of hydrogen-bond acceptors (Lipinski definition) is 3. The van der Waals surface area contributed by atoms with E-state index in [1.807, 2.05) is 47.4 Å². The fraction of sp³-hybridized carbons (Fsp3) is 0.409. The van der Waals surface area contributed by atoms with Gasteiger partial charge in [-0.05, 0) is 38.0 Å². The average Bonchev–Trinajstić information content (AvgIpc) is 2.66. The van der Waals surface area contributed by atoms with Crippen LogP contribution in [0.1, 0.15) is 56.0 Å². The molecule has 0 spiro atoms. The molecule has 1 aliphatic rings. The molecule has 1 aliphatic heterocycles. The van der Waals surface area contributed by atoms with Crippen LogP contribution in [0.3, 0.4) is 0 Å². The zero-order chi connectivity index (χ0) is 18.6. The molecule has 0 aliphatic carbocycles. The van der Waals surface area contributed by atoms with E-state index in [1.165, 1.54) is 0 Å². The highest BCUT2D eigenvalue weighted by atomic mass is 16.5. The molecule has 1 unspecified atom stereocenters. The molecule has 0 fully saturated rings. The van der Waals surface area contributed by atoms with Gasteiger partial charge in [0, 0.05) is 17.8 Å². The summed E-state index contributed by atoms with van der Waals surface area (Å²) >= 11 is 0. The lowest BCUT2D eigenvalue weighted by Gasteiger charge is -2.47. The molecule has 26 heavy (non-hydrogen) atoms. The largest absolute Gasteiger partial charge is 0.493 e. The smallest absolute Gasteiger partial charge is 0.258 e. The van der Waals surface area contributed by atoms with E-state index in [2.05, 4.69) is 32.2 Å². The van der Waals surface area contributed by atoms with Gasteiger partial charge in [0.15, 0.2) is 0 Å². The molecule has 2 aromatic rings. The first-order valence-electron chi connectivity index (χ1n) is 9.53. The number of benzene rings is 2. The molecule has 4 heteroatoms. The van der Waals surface area contributed by atoms with Crippen molar-refractivity contribution in [1.82, 2.24) is 4.90 Å². The first-order chi connectivity index (χ1) is 12.6. The first kappa shape index (κ1) is 18.3. The SMILES string of the molecule is CCCCN1C(=O)c2ccccc2NC1(C)c1ccccc1OCCC. The average molecular weight is 352 g/mol. The van der Waals surface area contributed by atoms with Crippen molar-refractivity contribution in [2.75, 3.05) is 18.5 Å². The number of hydrogen-bond donors (Lipinski definition) is 1. The van der Waals surface area contributed by atoms with Crippen molar-refractivity contribution in [2.45, 2.75) is 45.7 Å². The molecule has 0 bridgehead atoms. The minimum atomic E-state index is -0.648. The van der Waals surface area contributed by atoms with Crippen molar-refractivity contribution in [2.24, 2.45) is 0 Å². The second-order valence-corrected chi connectivity index (χ2v) is 6.90. The highest BCUT2D eigenvalue weighted by Crippen LogP contribution is 2.41. The summed E-state index contributed by atoms with van der Waals surface area (Å²) in [6.45, 7) is 7.68. The van der Waals surface area contributed by atoms with E-state index in [-0.39, 0.29) is 5.91 Å². The number of nitrogens with zero attached hydrogens (tertiary/aromatic N) is 1. The fourth-order valence-corrected chi connectivity index (χ4v) is 3.52. The van der Waals surface area contributed by atoms with Gasteiger partial charge in [0.1, 0.15) is 11.4 Å².